The molecule has 5 nitrogen and oxygen atoms in total. The SMILES string of the molecule is Cc1cc(C(F)(C(F)(F)F)C(F)(F)F)cc(C)c1OC(=O)c1cccc(NC(=O)c2cccnc2Cl)c1. The first-order valence-corrected chi connectivity index (χ1v) is 10.6. The number of hydrogen-bond donors (Lipinski definition) is 1. The van der Waals surface area contributed by atoms with Crippen LogP contribution in [0.3, 0.4) is 0 Å². The fourth-order valence-corrected chi connectivity index (χ4v) is 3.63. The Morgan fingerprint density at radius 3 is 2.03 bits per heavy atom. The van der Waals surface area contributed by atoms with Crippen molar-refractivity contribution in [2.75, 3.05) is 5.32 Å². The number of anilines is 1. The standard InChI is InChI=1S/C24H16ClF7N2O3/c1-12-9-15(22(26,23(27,28)29)24(30,31)32)10-13(2)18(12)37-21(36)14-5-3-6-16(11-14)34-20(35)17-7-4-8-33-19(17)25/h3-11H,1-2H3,(H,34,35). The number of pyridine rings is 1. The molecule has 3 rings (SSSR count). The van der Waals surface area contributed by atoms with Crippen LogP contribution in [0.5, 0.6) is 5.75 Å². The highest BCUT2D eigenvalue weighted by Gasteiger charge is 2.73. The Hall–Kier alpha value is -3.67. The zero-order valence-corrected chi connectivity index (χ0v) is 19.6. The van der Waals surface area contributed by atoms with E-state index in [0.29, 0.717) is 12.1 Å². The van der Waals surface area contributed by atoms with Gasteiger partial charge in [-0.3, -0.25) is 4.79 Å². The summed E-state index contributed by atoms with van der Waals surface area (Å²) in [5.74, 6) is -2.01. The molecule has 0 saturated carbocycles. The number of ether oxygens (including phenoxy) is 1. The van der Waals surface area contributed by atoms with Crippen LogP contribution >= 0.6 is 11.6 Å². The Kier molecular flexibility index (Phi) is 7.54. The molecule has 1 aromatic heterocycles. The fraction of sp³-hybridized carbons (Fsp3) is 0.208. The summed E-state index contributed by atoms with van der Waals surface area (Å²) in [6.07, 6.45) is -11.2. The van der Waals surface area contributed by atoms with Crippen molar-refractivity contribution in [2.24, 2.45) is 0 Å². The molecule has 0 aliphatic carbocycles. The van der Waals surface area contributed by atoms with Gasteiger partial charge in [0.15, 0.2) is 0 Å². The number of hydrogen-bond acceptors (Lipinski definition) is 4. The summed E-state index contributed by atoms with van der Waals surface area (Å²) < 4.78 is 98.4. The first kappa shape index (κ1) is 27.9. The Labute approximate surface area is 210 Å². The largest absolute Gasteiger partial charge is 0.435 e. The van der Waals surface area contributed by atoms with Gasteiger partial charge in [0.25, 0.3) is 5.91 Å². The lowest BCUT2D eigenvalue weighted by Crippen LogP contribution is -2.50. The number of carbonyl (C=O) groups excluding carboxylic acids is 2. The van der Waals surface area contributed by atoms with Gasteiger partial charge in [-0.05, 0) is 67.4 Å². The average Bonchev–Trinajstić information content (AvgIpc) is 2.79. The summed E-state index contributed by atoms with van der Waals surface area (Å²) in [6.45, 7) is 2.14. The van der Waals surface area contributed by atoms with Crippen molar-refractivity contribution in [3.05, 3.63) is 87.7 Å². The van der Waals surface area contributed by atoms with E-state index >= 15 is 0 Å². The molecule has 0 spiro atoms. The van der Waals surface area contributed by atoms with Gasteiger partial charge >= 0.3 is 24.0 Å². The first-order chi connectivity index (χ1) is 17.1. The molecule has 13 heteroatoms. The van der Waals surface area contributed by atoms with Crippen molar-refractivity contribution in [1.29, 1.82) is 0 Å². The maximum Gasteiger partial charge on any atom is 0.435 e. The van der Waals surface area contributed by atoms with E-state index in [9.17, 15) is 40.3 Å². The van der Waals surface area contributed by atoms with Crippen LogP contribution in [0.4, 0.5) is 36.4 Å². The van der Waals surface area contributed by atoms with Gasteiger partial charge < -0.3 is 10.1 Å². The predicted octanol–water partition coefficient (Wildman–Crippen LogP) is 7.11. The molecular formula is C24H16ClF7N2O3. The molecule has 0 aliphatic heterocycles. The number of esters is 1. The minimum Gasteiger partial charge on any atom is -0.422 e. The van der Waals surface area contributed by atoms with Crippen molar-refractivity contribution < 1.29 is 45.1 Å². The van der Waals surface area contributed by atoms with Gasteiger partial charge in [-0.2, -0.15) is 26.3 Å². The number of halogens is 8. The zero-order chi connectivity index (χ0) is 27.8. The lowest BCUT2D eigenvalue weighted by molar-refractivity contribution is -0.348. The molecule has 0 fully saturated rings. The highest BCUT2D eigenvalue weighted by molar-refractivity contribution is 6.33. The number of carbonyl (C=O) groups is 2. The molecule has 0 unspecified atom stereocenters. The molecule has 196 valence electrons. The maximum absolute atomic E-state index is 14.4. The molecule has 1 heterocycles. The first-order valence-electron chi connectivity index (χ1n) is 10.2. The van der Waals surface area contributed by atoms with E-state index in [1.807, 2.05) is 0 Å². The van der Waals surface area contributed by atoms with E-state index < -0.39 is 35.5 Å². The molecule has 0 atom stereocenters. The number of nitrogens with one attached hydrogen (secondary N) is 1. The molecule has 0 radical (unpaired) electrons. The van der Waals surface area contributed by atoms with Gasteiger partial charge in [0, 0.05) is 17.4 Å². The van der Waals surface area contributed by atoms with E-state index in [4.69, 9.17) is 16.3 Å². The Morgan fingerprint density at radius 2 is 1.49 bits per heavy atom. The number of amides is 1. The summed E-state index contributed by atoms with van der Waals surface area (Å²) in [6, 6.07) is 8.92. The van der Waals surface area contributed by atoms with Crippen LogP contribution in [0.15, 0.2) is 54.7 Å². The molecule has 3 aromatic rings. The molecular weight excluding hydrogens is 533 g/mol. The monoisotopic (exact) mass is 548 g/mol. The fourth-order valence-electron chi connectivity index (χ4n) is 3.43. The second-order valence-corrected chi connectivity index (χ2v) is 8.22. The summed E-state index contributed by atoms with van der Waals surface area (Å²) >= 11 is 5.88. The number of aryl methyl sites for hydroxylation is 2. The van der Waals surface area contributed by atoms with E-state index in [0.717, 1.165) is 13.8 Å². The number of alkyl halides is 7. The summed E-state index contributed by atoms with van der Waals surface area (Å²) in [7, 11) is 0. The second-order valence-electron chi connectivity index (χ2n) is 7.86. The minimum atomic E-state index is -6.28. The lowest BCUT2D eigenvalue weighted by atomic mass is 9.91. The summed E-state index contributed by atoms with van der Waals surface area (Å²) in [5.41, 5.74) is -7.89. The van der Waals surface area contributed by atoms with Gasteiger partial charge in [0.2, 0.25) is 0 Å². The van der Waals surface area contributed by atoms with E-state index in [1.165, 1.54) is 42.6 Å². The smallest absolute Gasteiger partial charge is 0.422 e. The van der Waals surface area contributed by atoms with E-state index in [2.05, 4.69) is 10.3 Å². The van der Waals surface area contributed by atoms with Gasteiger partial charge in [-0.25, -0.2) is 14.2 Å². The molecule has 0 aliphatic rings. The van der Waals surface area contributed by atoms with Crippen LogP contribution in [0.2, 0.25) is 5.15 Å². The molecule has 1 amide bonds. The maximum atomic E-state index is 14.4. The highest BCUT2D eigenvalue weighted by Crippen LogP contribution is 2.54. The topological polar surface area (TPSA) is 68.3 Å². The molecule has 2 aromatic carbocycles. The van der Waals surface area contributed by atoms with E-state index in [1.54, 1.807) is 0 Å². The van der Waals surface area contributed by atoms with Gasteiger partial charge in [-0.15, -0.1) is 0 Å². The van der Waals surface area contributed by atoms with Crippen LogP contribution < -0.4 is 10.1 Å². The minimum absolute atomic E-state index is 0.0571. The molecule has 1 N–H and O–H groups in total. The lowest BCUT2D eigenvalue weighted by Gasteiger charge is -2.31. The number of benzene rings is 2. The third kappa shape index (κ3) is 5.53. The second kappa shape index (κ2) is 10.0. The van der Waals surface area contributed by atoms with Crippen molar-refractivity contribution in [1.82, 2.24) is 4.98 Å². The van der Waals surface area contributed by atoms with Crippen molar-refractivity contribution in [3.8, 4) is 5.75 Å². The van der Waals surface area contributed by atoms with Crippen molar-refractivity contribution >= 4 is 29.2 Å². The number of nitrogens with zero attached hydrogens (tertiary/aromatic N) is 1. The highest BCUT2D eigenvalue weighted by atomic mass is 35.5. The quantitative estimate of drug-likeness (QED) is 0.160. The van der Waals surface area contributed by atoms with Gasteiger partial charge in [0.05, 0.1) is 11.1 Å². The third-order valence-corrected chi connectivity index (χ3v) is 5.50. The van der Waals surface area contributed by atoms with Gasteiger partial charge in [0.1, 0.15) is 10.9 Å². The number of rotatable bonds is 5. The average molecular weight is 549 g/mol. The van der Waals surface area contributed by atoms with Crippen LogP contribution in [0, 0.1) is 13.8 Å². The summed E-state index contributed by atoms with van der Waals surface area (Å²) in [4.78, 5) is 28.9. The Morgan fingerprint density at radius 1 is 0.892 bits per heavy atom. The van der Waals surface area contributed by atoms with Crippen LogP contribution in [0.1, 0.15) is 37.4 Å². The molecule has 0 bridgehead atoms. The molecule has 37 heavy (non-hydrogen) atoms. The van der Waals surface area contributed by atoms with Crippen molar-refractivity contribution in [3.63, 3.8) is 0 Å². The van der Waals surface area contributed by atoms with E-state index in [-0.39, 0.29) is 38.8 Å². The molecule has 0 saturated heterocycles. The zero-order valence-electron chi connectivity index (χ0n) is 18.9. The Bertz CT molecular complexity index is 1320. The summed E-state index contributed by atoms with van der Waals surface area (Å²) in [5, 5.41) is 2.45. The van der Waals surface area contributed by atoms with Gasteiger partial charge in [-0.1, -0.05) is 17.7 Å². The predicted molar refractivity (Wildman–Crippen MR) is 119 cm³/mol. The third-order valence-electron chi connectivity index (χ3n) is 5.19. The normalized spacial score (nSPS) is 12.3. The van der Waals surface area contributed by atoms with Crippen LogP contribution in [-0.2, 0) is 5.67 Å². The van der Waals surface area contributed by atoms with Crippen LogP contribution in [0.25, 0.3) is 0 Å². The Balaban J connectivity index is 1.87. The number of aromatic nitrogens is 1. The van der Waals surface area contributed by atoms with Crippen LogP contribution in [-0.4, -0.2) is 29.2 Å². The van der Waals surface area contributed by atoms with Crippen molar-refractivity contribution in [2.45, 2.75) is 31.9 Å².